The number of rotatable bonds is 7. The number of aromatic nitrogens is 2. The number of methoxy groups -OCH3 is 1. The van der Waals surface area contributed by atoms with Crippen LogP contribution in [0.15, 0.2) is 53.4 Å². The Morgan fingerprint density at radius 1 is 1.23 bits per heavy atom. The van der Waals surface area contributed by atoms with Crippen LogP contribution in [0.1, 0.15) is 6.42 Å². The fourth-order valence-electron chi connectivity index (χ4n) is 3.60. The van der Waals surface area contributed by atoms with E-state index in [0.29, 0.717) is 11.6 Å². The van der Waals surface area contributed by atoms with Crippen molar-refractivity contribution in [3.8, 4) is 5.75 Å². The standard InChI is InChI=1S/C21H22N4O5S/c1-30-15-6-8-16(9-7-15)31(28,29)11-10-22-21(27)14-12-19(26)25(13-14)20-17-4-2-3-5-18(17)23-24-20/h2-9,14H,10-13H2,1H3,(H,22,27)(H,23,24). The highest BCUT2D eigenvalue weighted by Gasteiger charge is 2.36. The molecule has 9 nitrogen and oxygen atoms in total. The molecule has 1 fully saturated rings. The van der Waals surface area contributed by atoms with Crippen molar-refractivity contribution in [2.75, 3.05) is 30.9 Å². The van der Waals surface area contributed by atoms with Gasteiger partial charge in [0.25, 0.3) is 0 Å². The molecule has 0 bridgehead atoms. The second-order valence-corrected chi connectivity index (χ2v) is 9.39. The summed E-state index contributed by atoms with van der Waals surface area (Å²) in [4.78, 5) is 26.7. The first kappa shape index (κ1) is 20.9. The summed E-state index contributed by atoms with van der Waals surface area (Å²) in [5, 5.41) is 10.6. The number of fused-ring (bicyclic) bond motifs is 1. The summed E-state index contributed by atoms with van der Waals surface area (Å²) in [5.74, 6) is -0.277. The molecule has 162 valence electrons. The zero-order valence-corrected chi connectivity index (χ0v) is 17.7. The lowest BCUT2D eigenvalue weighted by atomic mass is 10.1. The number of nitrogens with one attached hydrogen (secondary N) is 2. The molecular formula is C21H22N4O5S. The van der Waals surface area contributed by atoms with Crippen LogP contribution in [0.4, 0.5) is 5.82 Å². The van der Waals surface area contributed by atoms with E-state index in [-0.39, 0.29) is 42.0 Å². The summed E-state index contributed by atoms with van der Waals surface area (Å²) in [5.41, 5.74) is 0.807. The second-order valence-electron chi connectivity index (χ2n) is 7.28. The predicted octanol–water partition coefficient (Wildman–Crippen LogP) is 1.51. The zero-order valence-electron chi connectivity index (χ0n) is 16.9. The topological polar surface area (TPSA) is 121 Å². The molecule has 1 aromatic heterocycles. The van der Waals surface area contributed by atoms with Crippen LogP contribution in [-0.2, 0) is 19.4 Å². The van der Waals surface area contributed by atoms with E-state index in [2.05, 4.69) is 15.5 Å². The van der Waals surface area contributed by atoms with Gasteiger partial charge in [0.1, 0.15) is 5.75 Å². The van der Waals surface area contributed by atoms with E-state index in [4.69, 9.17) is 4.74 Å². The van der Waals surface area contributed by atoms with Crippen LogP contribution in [0.3, 0.4) is 0 Å². The Balaban J connectivity index is 1.35. The minimum atomic E-state index is -3.55. The smallest absolute Gasteiger partial charge is 0.229 e. The van der Waals surface area contributed by atoms with Gasteiger partial charge in [0.05, 0.1) is 29.2 Å². The van der Waals surface area contributed by atoms with Crippen molar-refractivity contribution in [3.63, 3.8) is 0 Å². The summed E-state index contributed by atoms with van der Waals surface area (Å²) in [6.45, 7) is 0.161. The number of hydrogen-bond donors (Lipinski definition) is 2. The summed E-state index contributed by atoms with van der Waals surface area (Å²) in [7, 11) is -2.05. The van der Waals surface area contributed by atoms with Gasteiger partial charge in [0, 0.05) is 24.9 Å². The van der Waals surface area contributed by atoms with E-state index in [0.717, 1.165) is 10.9 Å². The minimum Gasteiger partial charge on any atom is -0.497 e. The van der Waals surface area contributed by atoms with Crippen molar-refractivity contribution in [1.82, 2.24) is 15.5 Å². The number of ether oxygens (including phenoxy) is 1. The Hall–Kier alpha value is -3.40. The SMILES string of the molecule is COc1ccc(S(=O)(=O)CCNC(=O)C2CC(=O)N(c3n[nH]c4ccccc34)C2)cc1. The van der Waals surface area contributed by atoms with Gasteiger partial charge in [-0.1, -0.05) is 12.1 Å². The molecule has 31 heavy (non-hydrogen) atoms. The van der Waals surface area contributed by atoms with Gasteiger partial charge in [-0.3, -0.25) is 19.6 Å². The Bertz CT molecular complexity index is 1220. The highest BCUT2D eigenvalue weighted by Crippen LogP contribution is 2.29. The first-order valence-electron chi connectivity index (χ1n) is 9.77. The normalized spacial score (nSPS) is 16.6. The molecule has 0 aliphatic carbocycles. The summed E-state index contributed by atoms with van der Waals surface area (Å²) in [6.07, 6.45) is 0.0538. The van der Waals surface area contributed by atoms with Gasteiger partial charge in [-0.05, 0) is 36.4 Å². The molecule has 0 spiro atoms. The van der Waals surface area contributed by atoms with Crippen LogP contribution in [0.25, 0.3) is 10.9 Å². The minimum absolute atomic E-state index is 0.0385. The van der Waals surface area contributed by atoms with Gasteiger partial charge < -0.3 is 10.1 Å². The lowest BCUT2D eigenvalue weighted by Crippen LogP contribution is -2.35. The monoisotopic (exact) mass is 442 g/mol. The molecule has 2 aromatic carbocycles. The molecule has 1 atom stereocenters. The second kappa shape index (κ2) is 8.38. The maximum Gasteiger partial charge on any atom is 0.229 e. The van der Waals surface area contributed by atoms with Crippen LogP contribution < -0.4 is 15.0 Å². The van der Waals surface area contributed by atoms with Crippen molar-refractivity contribution in [1.29, 1.82) is 0 Å². The van der Waals surface area contributed by atoms with E-state index < -0.39 is 15.8 Å². The molecule has 1 unspecified atom stereocenters. The van der Waals surface area contributed by atoms with Gasteiger partial charge in [-0.15, -0.1) is 0 Å². The summed E-state index contributed by atoms with van der Waals surface area (Å²) in [6, 6.07) is 13.5. The molecule has 1 aliphatic rings. The largest absolute Gasteiger partial charge is 0.497 e. The Morgan fingerprint density at radius 2 is 1.97 bits per heavy atom. The Morgan fingerprint density at radius 3 is 2.71 bits per heavy atom. The van der Waals surface area contributed by atoms with E-state index in [1.54, 1.807) is 12.1 Å². The van der Waals surface area contributed by atoms with E-state index >= 15 is 0 Å². The molecule has 1 aliphatic heterocycles. The third kappa shape index (κ3) is 4.24. The third-order valence-electron chi connectivity index (χ3n) is 5.29. The quantitative estimate of drug-likeness (QED) is 0.572. The third-order valence-corrected chi connectivity index (χ3v) is 7.02. The lowest BCUT2D eigenvalue weighted by Gasteiger charge is -2.14. The molecule has 3 aromatic rings. The molecule has 0 saturated carbocycles. The highest BCUT2D eigenvalue weighted by atomic mass is 32.2. The Kier molecular flexibility index (Phi) is 5.64. The van der Waals surface area contributed by atoms with Crippen molar-refractivity contribution < 1.29 is 22.7 Å². The number of para-hydroxylation sites is 1. The molecular weight excluding hydrogens is 420 g/mol. The number of amides is 2. The van der Waals surface area contributed by atoms with Crippen molar-refractivity contribution >= 4 is 38.4 Å². The number of aromatic amines is 1. The highest BCUT2D eigenvalue weighted by molar-refractivity contribution is 7.91. The molecule has 10 heteroatoms. The lowest BCUT2D eigenvalue weighted by molar-refractivity contribution is -0.126. The number of nitrogens with zero attached hydrogens (tertiary/aromatic N) is 2. The van der Waals surface area contributed by atoms with Gasteiger partial charge in [-0.25, -0.2) is 8.42 Å². The fraction of sp³-hybridized carbons (Fsp3) is 0.286. The maximum absolute atomic E-state index is 12.5. The molecule has 4 rings (SSSR count). The number of carbonyl (C=O) groups is 2. The molecule has 2 amide bonds. The maximum atomic E-state index is 12.5. The van der Waals surface area contributed by atoms with Crippen LogP contribution in [-0.4, -0.2) is 56.4 Å². The van der Waals surface area contributed by atoms with Gasteiger partial charge >= 0.3 is 0 Å². The van der Waals surface area contributed by atoms with E-state index in [1.807, 2.05) is 24.3 Å². The van der Waals surface area contributed by atoms with Gasteiger partial charge in [-0.2, -0.15) is 5.10 Å². The van der Waals surface area contributed by atoms with Crippen molar-refractivity contribution in [2.24, 2.45) is 5.92 Å². The van der Waals surface area contributed by atoms with Crippen LogP contribution >= 0.6 is 0 Å². The number of hydrogen-bond acceptors (Lipinski definition) is 6. The van der Waals surface area contributed by atoms with Crippen molar-refractivity contribution in [2.45, 2.75) is 11.3 Å². The Labute approximate surface area is 179 Å². The molecule has 2 heterocycles. The van der Waals surface area contributed by atoms with E-state index in [9.17, 15) is 18.0 Å². The number of sulfone groups is 1. The molecule has 1 saturated heterocycles. The van der Waals surface area contributed by atoms with E-state index in [1.165, 1.54) is 24.1 Å². The van der Waals surface area contributed by atoms with Gasteiger partial charge in [0.2, 0.25) is 11.8 Å². The average Bonchev–Trinajstić information content (AvgIpc) is 3.37. The predicted molar refractivity (Wildman–Crippen MR) is 115 cm³/mol. The average molecular weight is 442 g/mol. The van der Waals surface area contributed by atoms with Crippen LogP contribution in [0, 0.1) is 5.92 Å². The number of anilines is 1. The number of benzene rings is 2. The summed E-state index contributed by atoms with van der Waals surface area (Å²) < 4.78 is 29.9. The number of carbonyl (C=O) groups excluding carboxylic acids is 2. The number of H-pyrrole nitrogens is 1. The van der Waals surface area contributed by atoms with Gasteiger partial charge in [0.15, 0.2) is 15.7 Å². The molecule has 0 radical (unpaired) electrons. The first-order chi connectivity index (χ1) is 14.9. The first-order valence-corrected chi connectivity index (χ1v) is 11.4. The molecule has 2 N–H and O–H groups in total. The van der Waals surface area contributed by atoms with Crippen LogP contribution in [0.2, 0.25) is 0 Å². The fourth-order valence-corrected chi connectivity index (χ4v) is 4.75. The zero-order chi connectivity index (χ0) is 22.0. The summed E-state index contributed by atoms with van der Waals surface area (Å²) >= 11 is 0. The van der Waals surface area contributed by atoms with Crippen molar-refractivity contribution in [3.05, 3.63) is 48.5 Å². The van der Waals surface area contributed by atoms with Crippen LogP contribution in [0.5, 0.6) is 5.75 Å².